The largest absolute Gasteiger partial charge is 0.490 e. The molecule has 21 heavy (non-hydrogen) atoms. The second-order valence-corrected chi connectivity index (χ2v) is 5.81. The van der Waals surface area contributed by atoms with Crippen molar-refractivity contribution < 1.29 is 14.6 Å². The first-order valence-electron chi connectivity index (χ1n) is 7.86. The van der Waals surface area contributed by atoms with Crippen LogP contribution in [0.1, 0.15) is 30.4 Å². The summed E-state index contributed by atoms with van der Waals surface area (Å²) in [6.45, 7) is 6.70. The first-order chi connectivity index (χ1) is 10.2. The van der Waals surface area contributed by atoms with Gasteiger partial charge < -0.3 is 19.9 Å². The Morgan fingerprint density at radius 2 is 2.14 bits per heavy atom. The fourth-order valence-electron chi connectivity index (χ4n) is 2.67. The van der Waals surface area contributed by atoms with Gasteiger partial charge in [-0.1, -0.05) is 18.2 Å². The van der Waals surface area contributed by atoms with Gasteiger partial charge >= 0.3 is 0 Å². The molecule has 4 nitrogen and oxygen atoms in total. The molecule has 1 aromatic carbocycles. The van der Waals surface area contributed by atoms with Crippen LogP contribution in [0.15, 0.2) is 18.2 Å². The highest BCUT2D eigenvalue weighted by Gasteiger charge is 2.15. The van der Waals surface area contributed by atoms with Crippen LogP contribution in [0.5, 0.6) is 5.75 Å². The number of aliphatic hydroxyl groups is 1. The summed E-state index contributed by atoms with van der Waals surface area (Å²) in [6.07, 6.45) is 3.27. The molecule has 1 fully saturated rings. The van der Waals surface area contributed by atoms with Crippen LogP contribution < -0.4 is 10.1 Å². The summed E-state index contributed by atoms with van der Waals surface area (Å²) in [5.74, 6) is 0.885. The second-order valence-electron chi connectivity index (χ2n) is 5.81. The highest BCUT2D eigenvalue weighted by Crippen LogP contribution is 2.22. The standard InChI is InChI=1S/C17H27NO3/c1-13-5-3-6-14(2)17(13)21-12-15(19)11-18-9-8-16-7-4-10-20-16/h3,5-6,15-16,18-19H,4,7-12H2,1-2H3. The van der Waals surface area contributed by atoms with Crippen molar-refractivity contribution in [2.75, 3.05) is 26.3 Å². The van der Waals surface area contributed by atoms with Crippen LogP contribution in [0.4, 0.5) is 0 Å². The van der Waals surface area contributed by atoms with E-state index in [1.807, 2.05) is 32.0 Å². The second kappa shape index (κ2) is 8.37. The Kier molecular flexibility index (Phi) is 6.49. The van der Waals surface area contributed by atoms with Crippen molar-refractivity contribution in [3.63, 3.8) is 0 Å². The van der Waals surface area contributed by atoms with Crippen molar-refractivity contribution in [1.29, 1.82) is 0 Å². The molecular formula is C17H27NO3. The van der Waals surface area contributed by atoms with Crippen LogP contribution in [0, 0.1) is 13.8 Å². The minimum Gasteiger partial charge on any atom is -0.490 e. The van der Waals surface area contributed by atoms with E-state index in [0.717, 1.165) is 36.4 Å². The van der Waals surface area contributed by atoms with Gasteiger partial charge in [0.2, 0.25) is 0 Å². The number of nitrogens with one attached hydrogen (secondary N) is 1. The Hall–Kier alpha value is -1.10. The van der Waals surface area contributed by atoms with E-state index in [9.17, 15) is 5.11 Å². The summed E-state index contributed by atoms with van der Waals surface area (Å²) in [5.41, 5.74) is 2.21. The van der Waals surface area contributed by atoms with Gasteiger partial charge in [-0.2, -0.15) is 0 Å². The quantitative estimate of drug-likeness (QED) is 0.722. The minimum absolute atomic E-state index is 0.318. The third-order valence-corrected chi connectivity index (χ3v) is 3.88. The van der Waals surface area contributed by atoms with E-state index in [1.54, 1.807) is 0 Å². The van der Waals surface area contributed by atoms with Gasteiger partial charge in [0.05, 0.1) is 6.10 Å². The van der Waals surface area contributed by atoms with E-state index in [1.165, 1.54) is 12.8 Å². The van der Waals surface area contributed by atoms with Crippen LogP contribution in [-0.2, 0) is 4.74 Å². The van der Waals surface area contributed by atoms with Gasteiger partial charge in [0, 0.05) is 13.2 Å². The third-order valence-electron chi connectivity index (χ3n) is 3.88. The van der Waals surface area contributed by atoms with Crippen LogP contribution in [0.3, 0.4) is 0 Å². The molecule has 2 rings (SSSR count). The highest BCUT2D eigenvalue weighted by molar-refractivity contribution is 5.39. The first-order valence-corrected chi connectivity index (χ1v) is 7.86. The molecule has 1 aromatic rings. The Labute approximate surface area is 127 Å². The maximum absolute atomic E-state index is 9.97. The smallest absolute Gasteiger partial charge is 0.125 e. The average Bonchev–Trinajstić information content (AvgIpc) is 2.96. The maximum atomic E-state index is 9.97. The summed E-state index contributed by atoms with van der Waals surface area (Å²) in [6, 6.07) is 6.06. The lowest BCUT2D eigenvalue weighted by molar-refractivity contribution is 0.0939. The van der Waals surface area contributed by atoms with Gasteiger partial charge in [-0.25, -0.2) is 0 Å². The van der Waals surface area contributed by atoms with E-state index in [2.05, 4.69) is 5.32 Å². The first kappa shape index (κ1) is 16.3. The minimum atomic E-state index is -0.492. The predicted molar refractivity (Wildman–Crippen MR) is 83.9 cm³/mol. The normalized spacial score (nSPS) is 19.7. The molecule has 1 aliphatic heterocycles. The zero-order valence-electron chi connectivity index (χ0n) is 13.1. The summed E-state index contributed by atoms with van der Waals surface area (Å²) < 4.78 is 11.3. The van der Waals surface area contributed by atoms with Gasteiger partial charge in [0.15, 0.2) is 0 Å². The van der Waals surface area contributed by atoms with E-state index in [0.29, 0.717) is 19.3 Å². The zero-order chi connectivity index (χ0) is 15.1. The number of para-hydroxylation sites is 1. The molecule has 1 aliphatic rings. The van der Waals surface area contributed by atoms with E-state index in [4.69, 9.17) is 9.47 Å². The molecule has 0 aliphatic carbocycles. The summed E-state index contributed by atoms with van der Waals surface area (Å²) in [4.78, 5) is 0. The molecule has 118 valence electrons. The molecule has 0 saturated carbocycles. The topological polar surface area (TPSA) is 50.7 Å². The zero-order valence-corrected chi connectivity index (χ0v) is 13.1. The van der Waals surface area contributed by atoms with Crippen molar-refractivity contribution in [3.05, 3.63) is 29.3 Å². The summed E-state index contributed by atoms with van der Waals surface area (Å²) in [5, 5.41) is 13.2. The molecule has 0 bridgehead atoms. The Morgan fingerprint density at radius 3 is 2.81 bits per heavy atom. The van der Waals surface area contributed by atoms with Gasteiger partial charge in [0.25, 0.3) is 0 Å². The maximum Gasteiger partial charge on any atom is 0.125 e. The molecule has 2 N–H and O–H groups in total. The van der Waals surface area contributed by atoms with Gasteiger partial charge in [-0.3, -0.25) is 0 Å². The molecule has 1 heterocycles. The van der Waals surface area contributed by atoms with E-state index in [-0.39, 0.29) is 0 Å². The van der Waals surface area contributed by atoms with Gasteiger partial charge in [0.1, 0.15) is 18.5 Å². The SMILES string of the molecule is Cc1cccc(C)c1OCC(O)CNCCC1CCCO1. The highest BCUT2D eigenvalue weighted by atomic mass is 16.5. The number of hydrogen-bond donors (Lipinski definition) is 2. The fourth-order valence-corrected chi connectivity index (χ4v) is 2.67. The molecule has 2 atom stereocenters. The molecule has 0 radical (unpaired) electrons. The van der Waals surface area contributed by atoms with E-state index < -0.39 is 6.10 Å². The Bertz CT molecular complexity index is 410. The van der Waals surface area contributed by atoms with E-state index >= 15 is 0 Å². The number of hydrogen-bond acceptors (Lipinski definition) is 4. The number of aryl methyl sites for hydroxylation is 2. The molecular weight excluding hydrogens is 266 g/mol. The lowest BCUT2D eigenvalue weighted by Crippen LogP contribution is -2.33. The van der Waals surface area contributed by atoms with Crippen LogP contribution in [0.25, 0.3) is 0 Å². The van der Waals surface area contributed by atoms with Crippen LogP contribution >= 0.6 is 0 Å². The molecule has 0 spiro atoms. The lowest BCUT2D eigenvalue weighted by Gasteiger charge is -2.16. The average molecular weight is 293 g/mol. The monoisotopic (exact) mass is 293 g/mol. The van der Waals surface area contributed by atoms with Crippen molar-refractivity contribution in [2.24, 2.45) is 0 Å². The number of benzene rings is 1. The van der Waals surface area contributed by atoms with Gasteiger partial charge in [-0.15, -0.1) is 0 Å². The Balaban J connectivity index is 1.62. The number of aliphatic hydroxyl groups excluding tert-OH is 1. The third kappa shape index (κ3) is 5.30. The van der Waals surface area contributed by atoms with Crippen molar-refractivity contribution in [3.8, 4) is 5.75 Å². The molecule has 0 amide bonds. The lowest BCUT2D eigenvalue weighted by atomic mass is 10.1. The molecule has 2 unspecified atom stereocenters. The molecule has 1 saturated heterocycles. The summed E-state index contributed by atoms with van der Waals surface area (Å²) >= 11 is 0. The fraction of sp³-hybridized carbons (Fsp3) is 0.647. The molecule has 4 heteroatoms. The Morgan fingerprint density at radius 1 is 1.38 bits per heavy atom. The summed E-state index contributed by atoms with van der Waals surface area (Å²) in [7, 11) is 0. The van der Waals surface area contributed by atoms with Crippen molar-refractivity contribution in [1.82, 2.24) is 5.32 Å². The van der Waals surface area contributed by atoms with Crippen LogP contribution in [0.2, 0.25) is 0 Å². The van der Waals surface area contributed by atoms with Crippen molar-refractivity contribution >= 4 is 0 Å². The van der Waals surface area contributed by atoms with Gasteiger partial charge in [-0.05, 0) is 50.8 Å². The molecule has 0 aromatic heterocycles. The van der Waals surface area contributed by atoms with Crippen LogP contribution in [-0.4, -0.2) is 43.6 Å². The van der Waals surface area contributed by atoms with Crippen molar-refractivity contribution in [2.45, 2.75) is 45.3 Å². The number of ether oxygens (including phenoxy) is 2. The number of rotatable bonds is 8. The predicted octanol–water partition coefficient (Wildman–Crippen LogP) is 2.20.